The molecule has 6 nitrogen and oxygen atoms in total. The third-order valence-corrected chi connectivity index (χ3v) is 6.12. The lowest BCUT2D eigenvalue weighted by atomic mass is 9.69. The number of nitro benzene ring substituents is 1. The summed E-state index contributed by atoms with van der Waals surface area (Å²) in [6.45, 7) is 3.84. The number of nitrogens with zero attached hydrogens (tertiary/aromatic N) is 2. The van der Waals surface area contributed by atoms with Gasteiger partial charge in [0.05, 0.1) is 10.6 Å². The minimum atomic E-state index is -0.797. The molecule has 2 aromatic rings. The average molecular weight is 443 g/mol. The van der Waals surface area contributed by atoms with Crippen LogP contribution in [0.15, 0.2) is 53.7 Å². The highest BCUT2D eigenvalue weighted by atomic mass is 35.5. The van der Waals surface area contributed by atoms with Crippen LogP contribution in [-0.2, 0) is 9.59 Å². The van der Waals surface area contributed by atoms with Crippen molar-refractivity contribution in [2.45, 2.75) is 39.0 Å². The summed E-state index contributed by atoms with van der Waals surface area (Å²) in [5, 5.41) is 11.4. The SMILES string of the molecule is CC1(C)CC(=O)C2=C(C1)N(c1cccc([N+](=O)[O-])c1)C(=O)CC2c1c(F)cccc1Cl. The van der Waals surface area contributed by atoms with E-state index in [0.717, 1.165) is 0 Å². The first-order valence-corrected chi connectivity index (χ1v) is 10.2. The molecule has 160 valence electrons. The van der Waals surface area contributed by atoms with Gasteiger partial charge in [-0.15, -0.1) is 0 Å². The van der Waals surface area contributed by atoms with Gasteiger partial charge in [0.25, 0.3) is 5.69 Å². The standard InChI is InChI=1S/C23H20ClFN2O4/c1-23(2)11-18-22(19(28)12-23)15(21-16(24)7-4-8-17(21)25)10-20(29)26(18)13-5-3-6-14(9-13)27(30)31/h3-9,15H,10-12H2,1-2H3. The first-order valence-electron chi connectivity index (χ1n) is 9.86. The number of Topliss-reactive ketones (excluding diaryl/α,β-unsaturated/α-hetero) is 1. The van der Waals surface area contributed by atoms with E-state index < -0.39 is 22.1 Å². The van der Waals surface area contributed by atoms with Crippen molar-refractivity contribution in [2.24, 2.45) is 5.41 Å². The summed E-state index contributed by atoms with van der Waals surface area (Å²) in [5.74, 6) is -1.90. The van der Waals surface area contributed by atoms with E-state index >= 15 is 0 Å². The van der Waals surface area contributed by atoms with Crippen molar-refractivity contribution < 1.29 is 18.9 Å². The summed E-state index contributed by atoms with van der Waals surface area (Å²) in [4.78, 5) is 38.6. The monoisotopic (exact) mass is 442 g/mol. The smallest absolute Gasteiger partial charge is 0.271 e. The van der Waals surface area contributed by atoms with Crippen LogP contribution in [0.25, 0.3) is 0 Å². The van der Waals surface area contributed by atoms with Crippen LogP contribution in [0, 0.1) is 21.3 Å². The summed E-state index contributed by atoms with van der Waals surface area (Å²) in [7, 11) is 0. The van der Waals surface area contributed by atoms with E-state index in [-0.39, 0.29) is 40.8 Å². The number of anilines is 1. The van der Waals surface area contributed by atoms with Crippen molar-refractivity contribution >= 4 is 34.7 Å². The molecule has 0 bridgehead atoms. The molecule has 0 aromatic heterocycles. The number of allylic oxidation sites excluding steroid dienone is 2. The van der Waals surface area contributed by atoms with Crippen molar-refractivity contribution in [3.05, 3.63) is 80.3 Å². The van der Waals surface area contributed by atoms with Crippen LogP contribution in [0.5, 0.6) is 0 Å². The summed E-state index contributed by atoms with van der Waals surface area (Å²) >= 11 is 6.28. The zero-order valence-electron chi connectivity index (χ0n) is 17.0. The zero-order chi connectivity index (χ0) is 22.5. The molecule has 0 saturated heterocycles. The predicted octanol–water partition coefficient (Wildman–Crippen LogP) is 5.55. The van der Waals surface area contributed by atoms with Gasteiger partial charge < -0.3 is 0 Å². The van der Waals surface area contributed by atoms with Gasteiger partial charge in [0.2, 0.25) is 5.91 Å². The number of nitro groups is 1. The Bertz CT molecular complexity index is 1140. The molecular formula is C23H20ClFN2O4. The van der Waals surface area contributed by atoms with Gasteiger partial charge in [-0.2, -0.15) is 0 Å². The van der Waals surface area contributed by atoms with Crippen LogP contribution in [0.3, 0.4) is 0 Å². The summed E-state index contributed by atoms with van der Waals surface area (Å²) < 4.78 is 14.7. The minimum Gasteiger partial charge on any atom is -0.294 e. The van der Waals surface area contributed by atoms with Gasteiger partial charge in [0.15, 0.2) is 5.78 Å². The molecule has 0 spiro atoms. The molecule has 0 N–H and O–H groups in total. The van der Waals surface area contributed by atoms with E-state index in [1.807, 2.05) is 13.8 Å². The van der Waals surface area contributed by atoms with Crippen molar-refractivity contribution in [1.29, 1.82) is 0 Å². The Morgan fingerprint density at radius 2 is 1.87 bits per heavy atom. The highest BCUT2D eigenvalue weighted by molar-refractivity contribution is 6.31. The molecule has 0 fully saturated rings. The Morgan fingerprint density at radius 3 is 2.55 bits per heavy atom. The third-order valence-electron chi connectivity index (χ3n) is 5.79. The van der Waals surface area contributed by atoms with Crippen LogP contribution in [0.4, 0.5) is 15.8 Å². The van der Waals surface area contributed by atoms with Crippen molar-refractivity contribution in [2.75, 3.05) is 4.90 Å². The number of carbonyl (C=O) groups is 2. The number of hydrogen-bond acceptors (Lipinski definition) is 4. The van der Waals surface area contributed by atoms with Crippen LogP contribution >= 0.6 is 11.6 Å². The number of benzene rings is 2. The van der Waals surface area contributed by atoms with Gasteiger partial charge in [-0.1, -0.05) is 37.6 Å². The largest absolute Gasteiger partial charge is 0.294 e. The number of amides is 1. The Morgan fingerprint density at radius 1 is 1.16 bits per heavy atom. The van der Waals surface area contributed by atoms with Crippen LogP contribution < -0.4 is 4.90 Å². The fraction of sp³-hybridized carbons (Fsp3) is 0.304. The van der Waals surface area contributed by atoms with E-state index in [1.54, 1.807) is 6.07 Å². The lowest BCUT2D eigenvalue weighted by Gasteiger charge is -2.43. The molecule has 1 unspecified atom stereocenters. The average Bonchev–Trinajstić information content (AvgIpc) is 2.66. The zero-order valence-corrected chi connectivity index (χ0v) is 17.8. The Kier molecular flexibility index (Phi) is 5.17. The van der Waals surface area contributed by atoms with Gasteiger partial charge in [-0.3, -0.25) is 24.6 Å². The van der Waals surface area contributed by atoms with Gasteiger partial charge in [-0.05, 0) is 30.0 Å². The second-order valence-corrected chi connectivity index (χ2v) is 9.11. The molecule has 4 rings (SSSR count). The molecule has 1 heterocycles. The quantitative estimate of drug-likeness (QED) is 0.461. The molecule has 0 radical (unpaired) electrons. The van der Waals surface area contributed by atoms with E-state index in [4.69, 9.17) is 11.6 Å². The first kappa shape index (κ1) is 21.2. The summed E-state index contributed by atoms with van der Waals surface area (Å²) in [6.07, 6.45) is 0.491. The van der Waals surface area contributed by atoms with Crippen LogP contribution in [0.1, 0.15) is 44.6 Å². The number of rotatable bonds is 3. The molecule has 31 heavy (non-hydrogen) atoms. The molecule has 1 aliphatic carbocycles. The molecule has 1 aliphatic heterocycles. The van der Waals surface area contributed by atoms with Gasteiger partial charge in [0, 0.05) is 52.7 Å². The molecule has 0 saturated carbocycles. The van der Waals surface area contributed by atoms with E-state index in [0.29, 0.717) is 23.4 Å². The van der Waals surface area contributed by atoms with Crippen molar-refractivity contribution in [1.82, 2.24) is 0 Å². The number of carbonyl (C=O) groups excluding carboxylic acids is 2. The summed E-state index contributed by atoms with van der Waals surface area (Å²) in [6, 6.07) is 10.0. The number of hydrogen-bond donors (Lipinski definition) is 0. The minimum absolute atomic E-state index is 0.136. The highest BCUT2D eigenvalue weighted by Crippen LogP contribution is 2.49. The second-order valence-electron chi connectivity index (χ2n) is 8.70. The molecular weight excluding hydrogens is 423 g/mol. The van der Waals surface area contributed by atoms with Gasteiger partial charge in [0.1, 0.15) is 5.82 Å². The molecule has 1 atom stereocenters. The van der Waals surface area contributed by atoms with Crippen molar-refractivity contribution in [3.63, 3.8) is 0 Å². The highest BCUT2D eigenvalue weighted by Gasteiger charge is 2.45. The maximum absolute atomic E-state index is 14.7. The van der Waals surface area contributed by atoms with Crippen LogP contribution in [0.2, 0.25) is 5.02 Å². The maximum Gasteiger partial charge on any atom is 0.271 e. The Balaban J connectivity index is 1.94. The fourth-order valence-corrected chi connectivity index (χ4v) is 4.85. The van der Waals surface area contributed by atoms with E-state index in [9.17, 15) is 24.1 Å². The maximum atomic E-state index is 14.7. The molecule has 2 aliphatic rings. The van der Waals surface area contributed by atoms with E-state index in [2.05, 4.69) is 0 Å². The number of ketones is 1. The lowest BCUT2D eigenvalue weighted by Crippen LogP contribution is -2.44. The van der Waals surface area contributed by atoms with E-state index in [1.165, 1.54) is 41.3 Å². The molecule has 2 aromatic carbocycles. The van der Waals surface area contributed by atoms with Crippen LogP contribution in [-0.4, -0.2) is 16.6 Å². The molecule has 1 amide bonds. The topological polar surface area (TPSA) is 80.5 Å². The fourth-order valence-electron chi connectivity index (χ4n) is 4.55. The molecule has 8 heteroatoms. The number of non-ortho nitro benzene ring substituents is 1. The number of halogens is 2. The van der Waals surface area contributed by atoms with Gasteiger partial charge in [-0.25, -0.2) is 4.39 Å². The third kappa shape index (κ3) is 3.74. The summed E-state index contributed by atoms with van der Waals surface area (Å²) in [5.41, 5.74) is 0.690. The normalized spacial score (nSPS) is 20.6. The lowest BCUT2D eigenvalue weighted by molar-refractivity contribution is -0.384. The first-order chi connectivity index (χ1) is 14.6. The Labute approximate surface area is 183 Å². The Hall–Kier alpha value is -3.06. The second kappa shape index (κ2) is 7.57. The predicted molar refractivity (Wildman–Crippen MR) is 114 cm³/mol. The van der Waals surface area contributed by atoms with Gasteiger partial charge >= 0.3 is 0 Å². The van der Waals surface area contributed by atoms with Crippen molar-refractivity contribution in [3.8, 4) is 0 Å².